The van der Waals surface area contributed by atoms with Gasteiger partial charge in [0.15, 0.2) is 0 Å². The van der Waals surface area contributed by atoms with E-state index in [2.05, 4.69) is 33.4 Å². The van der Waals surface area contributed by atoms with Crippen LogP contribution in [0.2, 0.25) is 0 Å². The van der Waals surface area contributed by atoms with Gasteiger partial charge in [0.2, 0.25) is 5.91 Å². The summed E-state index contributed by atoms with van der Waals surface area (Å²) >= 11 is 0. The van der Waals surface area contributed by atoms with E-state index in [-0.39, 0.29) is 11.3 Å². The molecule has 0 radical (unpaired) electrons. The van der Waals surface area contributed by atoms with Crippen molar-refractivity contribution in [2.24, 2.45) is 0 Å². The zero-order valence-electron chi connectivity index (χ0n) is 12.5. The SMILES string of the molecule is O=C1Nc2ccccc2C12CCN(Cc1ccncc1)CC2. The van der Waals surface area contributed by atoms with Crippen LogP contribution < -0.4 is 5.32 Å². The summed E-state index contributed by atoms with van der Waals surface area (Å²) in [7, 11) is 0. The maximum absolute atomic E-state index is 12.5. The summed E-state index contributed by atoms with van der Waals surface area (Å²) in [6, 6.07) is 12.2. The van der Waals surface area contributed by atoms with E-state index in [4.69, 9.17) is 0 Å². The topological polar surface area (TPSA) is 45.2 Å². The fourth-order valence-corrected chi connectivity index (χ4v) is 3.71. The molecular formula is C18H19N3O. The first kappa shape index (κ1) is 13.5. The van der Waals surface area contributed by atoms with Crippen LogP contribution in [0.3, 0.4) is 0 Å². The second-order valence-electron chi connectivity index (χ2n) is 6.21. The van der Waals surface area contributed by atoms with E-state index in [0.717, 1.165) is 38.2 Å². The predicted octanol–water partition coefficient (Wildman–Crippen LogP) is 2.57. The zero-order chi connectivity index (χ0) is 15.0. The minimum atomic E-state index is -0.314. The summed E-state index contributed by atoms with van der Waals surface area (Å²) < 4.78 is 0. The van der Waals surface area contributed by atoms with Crippen LogP contribution in [0, 0.1) is 0 Å². The number of carbonyl (C=O) groups excluding carboxylic acids is 1. The molecule has 1 spiro atoms. The fraction of sp³-hybridized carbons (Fsp3) is 0.333. The van der Waals surface area contributed by atoms with E-state index >= 15 is 0 Å². The lowest BCUT2D eigenvalue weighted by Gasteiger charge is -2.38. The minimum Gasteiger partial charge on any atom is -0.325 e. The molecule has 2 aliphatic rings. The van der Waals surface area contributed by atoms with Gasteiger partial charge in [0.05, 0.1) is 5.41 Å². The Morgan fingerprint density at radius 1 is 1.09 bits per heavy atom. The number of carbonyl (C=O) groups is 1. The minimum absolute atomic E-state index is 0.178. The molecule has 1 aromatic heterocycles. The number of piperidine rings is 1. The van der Waals surface area contributed by atoms with Crippen molar-refractivity contribution >= 4 is 11.6 Å². The van der Waals surface area contributed by atoms with Gasteiger partial charge in [0, 0.05) is 24.6 Å². The lowest BCUT2D eigenvalue weighted by atomic mass is 9.73. The number of anilines is 1. The number of nitrogens with one attached hydrogen (secondary N) is 1. The molecule has 2 aromatic rings. The van der Waals surface area contributed by atoms with E-state index in [1.165, 1.54) is 11.1 Å². The second-order valence-corrected chi connectivity index (χ2v) is 6.21. The van der Waals surface area contributed by atoms with Crippen LogP contribution in [0.1, 0.15) is 24.0 Å². The van der Waals surface area contributed by atoms with Crippen molar-refractivity contribution in [3.8, 4) is 0 Å². The van der Waals surface area contributed by atoms with Crippen molar-refractivity contribution in [1.29, 1.82) is 0 Å². The molecule has 3 heterocycles. The highest BCUT2D eigenvalue weighted by Crippen LogP contribution is 2.44. The number of para-hydroxylation sites is 1. The Morgan fingerprint density at radius 3 is 2.59 bits per heavy atom. The molecule has 1 saturated heterocycles. The largest absolute Gasteiger partial charge is 0.325 e. The van der Waals surface area contributed by atoms with E-state index < -0.39 is 0 Å². The van der Waals surface area contributed by atoms with Crippen LogP contribution in [-0.2, 0) is 16.8 Å². The Bertz CT molecular complexity index is 690. The van der Waals surface area contributed by atoms with Crippen LogP contribution >= 0.6 is 0 Å². The summed E-state index contributed by atoms with van der Waals surface area (Å²) in [4.78, 5) is 19.0. The molecule has 0 bridgehead atoms. The Morgan fingerprint density at radius 2 is 1.82 bits per heavy atom. The highest BCUT2D eigenvalue weighted by atomic mass is 16.2. The first-order valence-corrected chi connectivity index (χ1v) is 7.80. The molecule has 1 fully saturated rings. The zero-order valence-corrected chi connectivity index (χ0v) is 12.5. The first-order valence-electron chi connectivity index (χ1n) is 7.80. The molecule has 0 saturated carbocycles. The third-order valence-corrected chi connectivity index (χ3v) is 4.99. The Balaban J connectivity index is 1.51. The van der Waals surface area contributed by atoms with Crippen molar-refractivity contribution in [3.05, 3.63) is 59.9 Å². The maximum atomic E-state index is 12.5. The normalized spacial score (nSPS) is 19.9. The third-order valence-electron chi connectivity index (χ3n) is 4.99. The molecule has 4 rings (SSSR count). The Labute approximate surface area is 130 Å². The molecule has 0 unspecified atom stereocenters. The van der Waals surface area contributed by atoms with Gasteiger partial charge < -0.3 is 5.32 Å². The van der Waals surface area contributed by atoms with E-state index in [9.17, 15) is 4.79 Å². The number of fused-ring (bicyclic) bond motifs is 2. The molecule has 4 heteroatoms. The van der Waals surface area contributed by atoms with Gasteiger partial charge in [-0.3, -0.25) is 14.7 Å². The molecule has 0 aliphatic carbocycles. The number of nitrogens with zero attached hydrogens (tertiary/aromatic N) is 2. The molecule has 22 heavy (non-hydrogen) atoms. The van der Waals surface area contributed by atoms with Crippen LogP contribution in [0.4, 0.5) is 5.69 Å². The quantitative estimate of drug-likeness (QED) is 0.925. The number of rotatable bonds is 2. The predicted molar refractivity (Wildman–Crippen MR) is 85.5 cm³/mol. The molecule has 4 nitrogen and oxygen atoms in total. The fourth-order valence-electron chi connectivity index (χ4n) is 3.71. The number of benzene rings is 1. The smallest absolute Gasteiger partial charge is 0.235 e. The number of hydrogen-bond donors (Lipinski definition) is 1. The van der Waals surface area contributed by atoms with E-state index in [0.29, 0.717) is 0 Å². The molecule has 1 amide bonds. The highest BCUT2D eigenvalue weighted by molar-refractivity contribution is 6.06. The molecule has 1 N–H and O–H groups in total. The number of pyridine rings is 1. The summed E-state index contributed by atoms with van der Waals surface area (Å²) in [6.45, 7) is 2.83. The average Bonchev–Trinajstić information content (AvgIpc) is 2.83. The molecule has 0 atom stereocenters. The van der Waals surface area contributed by atoms with Crippen molar-refractivity contribution < 1.29 is 4.79 Å². The maximum Gasteiger partial charge on any atom is 0.235 e. The van der Waals surface area contributed by atoms with Crippen molar-refractivity contribution in [2.45, 2.75) is 24.8 Å². The summed E-state index contributed by atoms with van der Waals surface area (Å²) in [5.74, 6) is 0.178. The van der Waals surface area contributed by atoms with Gasteiger partial charge in [-0.25, -0.2) is 0 Å². The molecular weight excluding hydrogens is 274 g/mol. The summed E-state index contributed by atoms with van der Waals surface area (Å²) in [6.07, 6.45) is 5.45. The van der Waals surface area contributed by atoms with Crippen molar-refractivity contribution in [1.82, 2.24) is 9.88 Å². The first-order chi connectivity index (χ1) is 10.8. The molecule has 112 valence electrons. The van der Waals surface area contributed by atoms with Crippen molar-refractivity contribution in [2.75, 3.05) is 18.4 Å². The number of hydrogen-bond acceptors (Lipinski definition) is 3. The lowest BCUT2D eigenvalue weighted by Crippen LogP contribution is -2.46. The second kappa shape index (κ2) is 5.21. The van der Waals surface area contributed by atoms with Gasteiger partial charge in [-0.2, -0.15) is 0 Å². The van der Waals surface area contributed by atoms with Crippen LogP contribution in [-0.4, -0.2) is 28.9 Å². The average molecular weight is 293 g/mol. The number of aromatic nitrogens is 1. The van der Waals surface area contributed by atoms with Gasteiger partial charge in [0.25, 0.3) is 0 Å². The molecule has 1 aromatic carbocycles. The summed E-state index contributed by atoms with van der Waals surface area (Å²) in [5, 5.41) is 3.06. The monoisotopic (exact) mass is 293 g/mol. The van der Waals surface area contributed by atoms with Crippen LogP contribution in [0.15, 0.2) is 48.8 Å². The van der Waals surface area contributed by atoms with Gasteiger partial charge in [-0.15, -0.1) is 0 Å². The standard InChI is InChI=1S/C18H19N3O/c22-17-18(15-3-1-2-4-16(15)20-17)7-11-21(12-8-18)13-14-5-9-19-10-6-14/h1-6,9-10H,7-8,11-13H2,(H,20,22). The number of amides is 1. The van der Waals surface area contributed by atoms with E-state index in [1.807, 2.05) is 30.6 Å². The third kappa shape index (κ3) is 2.11. The molecule has 2 aliphatic heterocycles. The summed E-state index contributed by atoms with van der Waals surface area (Å²) in [5.41, 5.74) is 3.14. The van der Waals surface area contributed by atoms with Crippen molar-refractivity contribution in [3.63, 3.8) is 0 Å². The van der Waals surface area contributed by atoms with Crippen LogP contribution in [0.5, 0.6) is 0 Å². The van der Waals surface area contributed by atoms with E-state index in [1.54, 1.807) is 0 Å². The van der Waals surface area contributed by atoms with Gasteiger partial charge in [0.1, 0.15) is 0 Å². The lowest BCUT2D eigenvalue weighted by molar-refractivity contribution is -0.122. The Kier molecular flexibility index (Phi) is 3.19. The van der Waals surface area contributed by atoms with Gasteiger partial charge >= 0.3 is 0 Å². The highest BCUT2D eigenvalue weighted by Gasteiger charge is 2.48. The van der Waals surface area contributed by atoms with Gasteiger partial charge in [-0.05, 0) is 55.3 Å². The van der Waals surface area contributed by atoms with Gasteiger partial charge in [-0.1, -0.05) is 18.2 Å². The number of likely N-dealkylation sites (tertiary alicyclic amines) is 1. The van der Waals surface area contributed by atoms with Crippen LogP contribution in [0.25, 0.3) is 0 Å². The Hall–Kier alpha value is -2.20.